The molecule has 224 valence electrons. The number of alkyl halides is 3. The van der Waals surface area contributed by atoms with E-state index in [1.807, 2.05) is 0 Å². The number of ether oxygens (including phenoxy) is 3. The molecular formula is C29H39BrF2O8. The lowest BCUT2D eigenvalue weighted by molar-refractivity contribution is -0.206. The molecule has 8 bridgehead atoms. The summed E-state index contributed by atoms with van der Waals surface area (Å²) in [6, 6.07) is 0. The Morgan fingerprint density at radius 3 is 1.43 bits per heavy atom. The number of hydrogen-bond donors (Lipinski definition) is 2. The van der Waals surface area contributed by atoms with Crippen LogP contribution in [0, 0.1) is 39.9 Å². The lowest BCUT2D eigenvalue weighted by Gasteiger charge is -2.58. The summed E-state index contributed by atoms with van der Waals surface area (Å²) in [6.07, 6.45) is 7.76. The average molecular weight is 634 g/mol. The number of carbonyl (C=O) groups excluding carboxylic acids is 3. The number of esters is 3. The van der Waals surface area contributed by atoms with E-state index in [0.29, 0.717) is 64.2 Å². The molecule has 11 heteroatoms. The standard InChI is InChI=1S/C29H39BrF2O8/c1-24(21(33)40-16-29(30,31)32,14-38-22(34)25-4-17-2-18(5-25)9-27(36,8-17)12-25)15-39-23(35)26-6-19-3-20(7-26)11-28(37,10-19)13-26/h17-20,36-37H,2-16H2,1H3. The fraction of sp³-hybridized carbons (Fsp3) is 0.897. The number of halogens is 3. The van der Waals surface area contributed by atoms with Crippen LogP contribution in [0.4, 0.5) is 8.78 Å². The summed E-state index contributed by atoms with van der Waals surface area (Å²) in [5, 5.41) is 22.1. The maximum atomic E-state index is 13.5. The first kappa shape index (κ1) is 28.8. The molecule has 0 spiro atoms. The lowest BCUT2D eigenvalue weighted by Crippen LogP contribution is -2.59. The summed E-state index contributed by atoms with van der Waals surface area (Å²) in [4.78, 5) is 36.6. The Hall–Kier alpha value is -1.33. The van der Waals surface area contributed by atoms with Gasteiger partial charge in [-0.1, -0.05) is 0 Å². The minimum atomic E-state index is -3.44. The van der Waals surface area contributed by atoms with Crippen molar-refractivity contribution in [2.75, 3.05) is 19.8 Å². The fourth-order valence-corrected chi connectivity index (χ4v) is 10.3. The van der Waals surface area contributed by atoms with Crippen LogP contribution < -0.4 is 0 Å². The van der Waals surface area contributed by atoms with Gasteiger partial charge in [0.15, 0.2) is 6.61 Å². The van der Waals surface area contributed by atoms with E-state index in [2.05, 4.69) is 15.9 Å². The summed E-state index contributed by atoms with van der Waals surface area (Å²) in [7, 11) is 0. The number of hydrogen-bond acceptors (Lipinski definition) is 8. The second-order valence-corrected chi connectivity index (χ2v) is 16.0. The molecule has 40 heavy (non-hydrogen) atoms. The van der Waals surface area contributed by atoms with Crippen LogP contribution in [-0.4, -0.2) is 64.0 Å². The van der Waals surface area contributed by atoms with E-state index in [-0.39, 0.29) is 23.7 Å². The quantitative estimate of drug-likeness (QED) is 0.220. The van der Waals surface area contributed by atoms with Crippen LogP contribution in [0.1, 0.15) is 84.0 Å². The van der Waals surface area contributed by atoms with E-state index in [0.717, 1.165) is 12.8 Å². The molecule has 0 amide bonds. The lowest BCUT2D eigenvalue weighted by atomic mass is 9.48. The van der Waals surface area contributed by atoms with Crippen molar-refractivity contribution < 1.29 is 47.6 Å². The Kier molecular flexibility index (Phi) is 6.71. The highest BCUT2D eigenvalue weighted by Crippen LogP contribution is 2.63. The molecule has 2 N–H and O–H groups in total. The van der Waals surface area contributed by atoms with E-state index < -0.39 is 70.0 Å². The molecule has 0 aromatic carbocycles. The van der Waals surface area contributed by atoms with E-state index in [1.165, 1.54) is 6.92 Å². The molecule has 8 aliphatic carbocycles. The maximum absolute atomic E-state index is 13.5. The number of carbonyl (C=O) groups is 3. The third-order valence-electron chi connectivity index (χ3n) is 10.8. The molecule has 0 aromatic rings. The monoisotopic (exact) mass is 632 g/mol. The van der Waals surface area contributed by atoms with Gasteiger partial charge in [0, 0.05) is 0 Å². The molecule has 0 aromatic heterocycles. The fourth-order valence-electron chi connectivity index (χ4n) is 10.1. The smallest absolute Gasteiger partial charge is 0.334 e. The van der Waals surface area contributed by atoms with Gasteiger partial charge < -0.3 is 24.4 Å². The second kappa shape index (κ2) is 9.33. The van der Waals surface area contributed by atoms with Gasteiger partial charge in [0.25, 0.3) is 0 Å². The molecule has 4 unspecified atom stereocenters. The molecule has 8 saturated carbocycles. The molecule has 0 saturated heterocycles. The van der Waals surface area contributed by atoms with Gasteiger partial charge in [0.05, 0.1) is 22.0 Å². The molecule has 0 radical (unpaired) electrons. The topological polar surface area (TPSA) is 119 Å². The number of rotatable bonds is 9. The highest BCUT2D eigenvalue weighted by molar-refractivity contribution is 9.10. The highest BCUT2D eigenvalue weighted by atomic mass is 79.9. The van der Waals surface area contributed by atoms with E-state index in [9.17, 15) is 33.4 Å². The number of aliphatic hydroxyl groups is 2. The zero-order valence-corrected chi connectivity index (χ0v) is 24.5. The minimum absolute atomic E-state index is 0.243. The van der Waals surface area contributed by atoms with Crippen LogP contribution in [0.3, 0.4) is 0 Å². The van der Waals surface area contributed by atoms with E-state index >= 15 is 0 Å². The van der Waals surface area contributed by atoms with Gasteiger partial charge in [0.1, 0.15) is 18.6 Å². The zero-order valence-electron chi connectivity index (χ0n) is 22.9. The normalized spacial score (nSPS) is 44.2. The third kappa shape index (κ3) is 5.21. The van der Waals surface area contributed by atoms with Crippen LogP contribution >= 0.6 is 15.9 Å². The van der Waals surface area contributed by atoms with E-state index in [4.69, 9.17) is 14.2 Å². The Balaban J connectivity index is 1.15. The highest BCUT2D eigenvalue weighted by Gasteiger charge is 2.62. The molecular weight excluding hydrogens is 594 g/mol. The van der Waals surface area contributed by atoms with Gasteiger partial charge in [-0.15, -0.1) is 0 Å². The zero-order chi connectivity index (χ0) is 28.8. The average Bonchev–Trinajstić information content (AvgIpc) is 2.80. The van der Waals surface area contributed by atoms with Crippen LogP contribution in [0.15, 0.2) is 0 Å². The van der Waals surface area contributed by atoms with Crippen molar-refractivity contribution >= 4 is 33.8 Å². The van der Waals surface area contributed by atoms with Crippen LogP contribution in [-0.2, 0) is 28.6 Å². The first-order chi connectivity index (χ1) is 18.5. The Bertz CT molecular complexity index is 994. The molecule has 4 atom stereocenters. The predicted molar refractivity (Wildman–Crippen MR) is 139 cm³/mol. The summed E-state index contributed by atoms with van der Waals surface area (Å²) < 4.78 is 43.2. The molecule has 0 aliphatic heterocycles. The van der Waals surface area contributed by atoms with Crippen molar-refractivity contribution in [1.29, 1.82) is 0 Å². The van der Waals surface area contributed by atoms with Crippen molar-refractivity contribution in [3.8, 4) is 0 Å². The second-order valence-electron chi connectivity index (χ2n) is 14.8. The molecule has 0 heterocycles. The minimum Gasteiger partial charge on any atom is -0.464 e. The van der Waals surface area contributed by atoms with Crippen molar-refractivity contribution in [2.45, 2.75) is 100 Å². The molecule has 8 rings (SSSR count). The molecule has 8 fully saturated rings. The van der Waals surface area contributed by atoms with Crippen LogP contribution in [0.2, 0.25) is 0 Å². The van der Waals surface area contributed by atoms with Crippen molar-refractivity contribution in [3.05, 3.63) is 0 Å². The SMILES string of the molecule is CC(COC(=O)C12CC3CC(CC(O)(C3)C1)C2)(COC(=O)C12CC3CC(CC(O)(C3)C1)C2)C(=O)OCC(F)(F)Br. The first-order valence-electron chi connectivity index (χ1n) is 14.6. The molecule has 8 aliphatic rings. The van der Waals surface area contributed by atoms with Gasteiger partial charge in [-0.25, -0.2) is 0 Å². The van der Waals surface area contributed by atoms with Crippen molar-refractivity contribution in [3.63, 3.8) is 0 Å². The summed E-state index contributed by atoms with van der Waals surface area (Å²) in [5.74, 6) is -1.13. The van der Waals surface area contributed by atoms with Crippen molar-refractivity contribution in [1.82, 2.24) is 0 Å². The Morgan fingerprint density at radius 2 is 1.10 bits per heavy atom. The van der Waals surface area contributed by atoms with Gasteiger partial charge in [-0.05, 0) is 124 Å². The largest absolute Gasteiger partial charge is 0.464 e. The Labute approximate surface area is 241 Å². The van der Waals surface area contributed by atoms with Crippen LogP contribution in [0.5, 0.6) is 0 Å². The van der Waals surface area contributed by atoms with Gasteiger partial charge in [-0.3, -0.25) is 14.4 Å². The summed E-state index contributed by atoms with van der Waals surface area (Å²) in [5.41, 5.74) is -5.16. The van der Waals surface area contributed by atoms with Crippen molar-refractivity contribution in [2.24, 2.45) is 39.9 Å². The van der Waals surface area contributed by atoms with E-state index in [1.54, 1.807) is 0 Å². The van der Waals surface area contributed by atoms with Gasteiger partial charge in [-0.2, -0.15) is 8.78 Å². The van der Waals surface area contributed by atoms with Crippen LogP contribution in [0.25, 0.3) is 0 Å². The third-order valence-corrected chi connectivity index (χ3v) is 11.1. The van der Waals surface area contributed by atoms with Gasteiger partial charge >= 0.3 is 22.7 Å². The first-order valence-corrected chi connectivity index (χ1v) is 15.4. The Morgan fingerprint density at radius 1 is 0.725 bits per heavy atom. The summed E-state index contributed by atoms with van der Waals surface area (Å²) >= 11 is 2.16. The molecule has 8 nitrogen and oxygen atoms in total. The van der Waals surface area contributed by atoms with Gasteiger partial charge in [0.2, 0.25) is 0 Å². The summed E-state index contributed by atoms with van der Waals surface area (Å²) in [6.45, 7) is -0.875. The maximum Gasteiger partial charge on any atom is 0.334 e. The predicted octanol–water partition coefficient (Wildman–Crippen LogP) is 4.27.